The number of benzene rings is 1. The number of likely N-dealkylation sites (tertiary alicyclic amines) is 1. The van der Waals surface area contributed by atoms with Gasteiger partial charge in [0.25, 0.3) is 0 Å². The molecule has 28 heavy (non-hydrogen) atoms. The van der Waals surface area contributed by atoms with Gasteiger partial charge in [0.05, 0.1) is 6.54 Å². The van der Waals surface area contributed by atoms with Gasteiger partial charge in [0.2, 0.25) is 5.91 Å². The van der Waals surface area contributed by atoms with E-state index in [2.05, 4.69) is 0 Å². The molecule has 1 aromatic carbocycles. The monoisotopic (exact) mass is 398 g/mol. The lowest BCUT2D eigenvalue weighted by Crippen LogP contribution is -2.49. The van der Waals surface area contributed by atoms with Gasteiger partial charge in [0, 0.05) is 32.5 Å². The smallest absolute Gasteiger partial charge is 0.410 e. The van der Waals surface area contributed by atoms with Crippen LogP contribution in [0.3, 0.4) is 0 Å². The van der Waals surface area contributed by atoms with Crippen LogP contribution in [-0.4, -0.2) is 71.3 Å². The van der Waals surface area contributed by atoms with Crippen molar-refractivity contribution in [2.24, 2.45) is 0 Å². The Morgan fingerprint density at radius 1 is 1.18 bits per heavy atom. The Labute approximate surface area is 159 Å². The first-order valence-corrected chi connectivity index (χ1v) is 8.77. The van der Waals surface area contributed by atoms with Crippen molar-refractivity contribution < 1.29 is 37.7 Å². The highest BCUT2D eigenvalue weighted by Gasteiger charge is 2.47. The van der Waals surface area contributed by atoms with E-state index < -0.39 is 35.9 Å². The second-order valence-electron chi connectivity index (χ2n) is 6.92. The predicted octanol–water partition coefficient (Wildman–Crippen LogP) is 1.38. The number of halogens is 2. The summed E-state index contributed by atoms with van der Waals surface area (Å²) in [6.45, 7) is 0.233. The Balaban J connectivity index is 1.53. The van der Waals surface area contributed by atoms with E-state index in [1.165, 1.54) is 11.0 Å². The Morgan fingerprint density at radius 2 is 1.89 bits per heavy atom. The van der Waals surface area contributed by atoms with Gasteiger partial charge in [-0.25, -0.2) is 18.4 Å². The van der Waals surface area contributed by atoms with Crippen molar-refractivity contribution in [1.29, 1.82) is 0 Å². The zero-order chi connectivity index (χ0) is 20.3. The van der Waals surface area contributed by atoms with Crippen molar-refractivity contribution in [3.63, 3.8) is 0 Å². The summed E-state index contributed by atoms with van der Waals surface area (Å²) in [5.74, 6) is -3.39. The van der Waals surface area contributed by atoms with Crippen LogP contribution in [-0.2, 0) is 25.6 Å². The van der Waals surface area contributed by atoms with E-state index >= 15 is 0 Å². The van der Waals surface area contributed by atoms with Crippen molar-refractivity contribution in [3.05, 3.63) is 35.4 Å². The zero-order valence-corrected chi connectivity index (χ0v) is 15.0. The second kappa shape index (κ2) is 8.09. The molecule has 2 aliphatic rings. The van der Waals surface area contributed by atoms with Crippen LogP contribution in [0.5, 0.6) is 0 Å². The first-order chi connectivity index (χ1) is 13.3. The number of piperidine rings is 1. The van der Waals surface area contributed by atoms with Crippen LogP contribution >= 0.6 is 0 Å². The summed E-state index contributed by atoms with van der Waals surface area (Å²) in [7, 11) is 0. The number of nitrogens with zero attached hydrogens (tertiary/aromatic N) is 2. The molecule has 1 aromatic rings. The number of ether oxygens (including phenoxy) is 2. The average Bonchev–Trinajstić information content (AvgIpc) is 2.93. The van der Waals surface area contributed by atoms with E-state index in [0.717, 1.165) is 12.1 Å². The highest BCUT2D eigenvalue weighted by molar-refractivity contribution is 5.78. The summed E-state index contributed by atoms with van der Waals surface area (Å²) in [5.41, 5.74) is -0.273. The van der Waals surface area contributed by atoms with E-state index in [1.807, 2.05) is 0 Å². The molecule has 0 aromatic heterocycles. The summed E-state index contributed by atoms with van der Waals surface area (Å²) < 4.78 is 36.7. The van der Waals surface area contributed by atoms with Crippen LogP contribution in [0.15, 0.2) is 18.2 Å². The molecule has 2 amide bonds. The third-order valence-electron chi connectivity index (χ3n) is 4.88. The third kappa shape index (κ3) is 4.56. The van der Waals surface area contributed by atoms with Crippen molar-refractivity contribution in [1.82, 2.24) is 9.80 Å². The molecule has 0 atom stereocenters. The normalized spacial score (nSPS) is 18.4. The molecule has 0 saturated carbocycles. The molecule has 0 aliphatic carbocycles. The maximum atomic E-state index is 13.4. The Bertz CT molecular complexity index is 779. The first kappa shape index (κ1) is 20.0. The van der Waals surface area contributed by atoms with Gasteiger partial charge < -0.3 is 19.5 Å². The fourth-order valence-electron chi connectivity index (χ4n) is 3.41. The maximum absolute atomic E-state index is 13.4. The van der Waals surface area contributed by atoms with Crippen LogP contribution in [0.1, 0.15) is 18.4 Å². The molecular weight excluding hydrogens is 378 g/mol. The van der Waals surface area contributed by atoms with Crippen LogP contribution in [0.4, 0.5) is 13.6 Å². The number of hydrogen-bond donors (Lipinski definition) is 1. The summed E-state index contributed by atoms with van der Waals surface area (Å²) >= 11 is 0. The van der Waals surface area contributed by atoms with Gasteiger partial charge in [0.1, 0.15) is 18.8 Å². The molecule has 10 heteroatoms. The summed E-state index contributed by atoms with van der Waals surface area (Å²) in [5, 5.41) is 8.52. The number of amides is 2. The van der Waals surface area contributed by atoms with E-state index in [4.69, 9.17) is 14.6 Å². The predicted molar refractivity (Wildman–Crippen MR) is 90.2 cm³/mol. The molecule has 3 rings (SSSR count). The van der Waals surface area contributed by atoms with Gasteiger partial charge in [0.15, 0.2) is 11.6 Å². The molecule has 1 N–H and O–H groups in total. The van der Waals surface area contributed by atoms with Crippen molar-refractivity contribution >= 4 is 18.0 Å². The zero-order valence-electron chi connectivity index (χ0n) is 15.0. The number of carboxylic acid groups (broad SMARTS) is 1. The number of carboxylic acids is 1. The Morgan fingerprint density at radius 3 is 2.54 bits per heavy atom. The van der Waals surface area contributed by atoms with Gasteiger partial charge in [-0.2, -0.15) is 0 Å². The molecule has 2 saturated heterocycles. The van der Waals surface area contributed by atoms with Crippen LogP contribution in [0.25, 0.3) is 0 Å². The van der Waals surface area contributed by atoms with Gasteiger partial charge >= 0.3 is 12.1 Å². The van der Waals surface area contributed by atoms with Crippen LogP contribution < -0.4 is 0 Å². The molecule has 2 aliphatic heterocycles. The number of carbonyl (C=O) groups is 3. The fourth-order valence-corrected chi connectivity index (χ4v) is 3.41. The Kier molecular flexibility index (Phi) is 5.78. The Hall–Kier alpha value is -2.75. The first-order valence-electron chi connectivity index (χ1n) is 8.77. The third-order valence-corrected chi connectivity index (χ3v) is 4.88. The van der Waals surface area contributed by atoms with Crippen molar-refractivity contribution in [3.8, 4) is 0 Å². The molecule has 8 nitrogen and oxygen atoms in total. The number of hydrogen-bond acceptors (Lipinski definition) is 5. The lowest BCUT2D eigenvalue weighted by molar-refractivity contribution is -0.147. The molecule has 0 radical (unpaired) electrons. The van der Waals surface area contributed by atoms with E-state index in [0.29, 0.717) is 38.0 Å². The second-order valence-corrected chi connectivity index (χ2v) is 6.92. The minimum atomic E-state index is -1.15. The SMILES string of the molecule is O=C(O)COCC(=O)N1CCC2(CC1)CN(Cc1ccc(F)c(F)c1)C(=O)O2. The highest BCUT2D eigenvalue weighted by atomic mass is 19.2. The lowest BCUT2D eigenvalue weighted by Gasteiger charge is -2.37. The standard InChI is InChI=1S/C18H20F2N2O6/c19-13-2-1-12(7-14(13)20)8-22-11-18(28-17(22)26)3-5-21(6-4-18)15(23)9-27-10-16(24)25/h1-2,7H,3-6,8-11H2,(H,24,25). The topological polar surface area (TPSA) is 96.4 Å². The van der Waals surface area contributed by atoms with Crippen molar-refractivity contribution in [2.75, 3.05) is 32.8 Å². The largest absolute Gasteiger partial charge is 0.480 e. The summed E-state index contributed by atoms with van der Waals surface area (Å²) in [4.78, 5) is 37.6. The van der Waals surface area contributed by atoms with Crippen LogP contribution in [0.2, 0.25) is 0 Å². The van der Waals surface area contributed by atoms with Crippen molar-refractivity contribution in [2.45, 2.75) is 25.0 Å². The molecule has 1 spiro atoms. The van der Waals surface area contributed by atoms with E-state index in [-0.39, 0.29) is 19.1 Å². The number of carbonyl (C=O) groups excluding carboxylic acids is 2. The molecule has 2 heterocycles. The fraction of sp³-hybridized carbons (Fsp3) is 0.500. The molecule has 0 unspecified atom stereocenters. The van der Waals surface area contributed by atoms with Gasteiger partial charge in [-0.1, -0.05) is 6.07 Å². The molecule has 2 fully saturated rings. The highest BCUT2D eigenvalue weighted by Crippen LogP contribution is 2.34. The minimum absolute atomic E-state index is 0.101. The number of rotatable bonds is 6. The molecular formula is C18H20F2N2O6. The van der Waals surface area contributed by atoms with Crippen LogP contribution in [0, 0.1) is 11.6 Å². The van der Waals surface area contributed by atoms with E-state index in [9.17, 15) is 23.2 Å². The lowest BCUT2D eigenvalue weighted by atomic mass is 9.91. The quantitative estimate of drug-likeness (QED) is 0.778. The number of aliphatic carboxylic acids is 1. The summed E-state index contributed by atoms with van der Waals surface area (Å²) in [6.07, 6.45) is 0.323. The maximum Gasteiger partial charge on any atom is 0.410 e. The van der Waals surface area contributed by atoms with Gasteiger partial charge in [-0.05, 0) is 17.7 Å². The van der Waals surface area contributed by atoms with Gasteiger partial charge in [-0.15, -0.1) is 0 Å². The molecule has 0 bridgehead atoms. The van der Waals surface area contributed by atoms with Gasteiger partial charge in [-0.3, -0.25) is 9.69 Å². The average molecular weight is 398 g/mol. The minimum Gasteiger partial charge on any atom is -0.480 e. The molecule has 152 valence electrons. The summed E-state index contributed by atoms with van der Waals surface area (Å²) in [6, 6.07) is 3.47. The van der Waals surface area contributed by atoms with E-state index in [1.54, 1.807) is 4.90 Å².